The number of fused-ring (bicyclic) bond motifs is 1. The SMILES string of the molecule is O=C(CCCCCN1C(=O)C(=Cc2ccc3c(c2)OCO3)SC1=S)Nc1ccc(Cl)c(Cl)c1. The lowest BCUT2D eigenvalue weighted by molar-refractivity contribution is -0.122. The Morgan fingerprint density at radius 3 is 2.73 bits per heavy atom. The van der Waals surface area contributed by atoms with Gasteiger partial charge in [-0.3, -0.25) is 14.5 Å². The van der Waals surface area contributed by atoms with Gasteiger partial charge in [0.05, 0.1) is 15.0 Å². The van der Waals surface area contributed by atoms with Gasteiger partial charge in [-0.1, -0.05) is 59.7 Å². The van der Waals surface area contributed by atoms with Crippen LogP contribution in [-0.2, 0) is 9.59 Å². The molecule has 1 N–H and O–H groups in total. The number of carbonyl (C=O) groups excluding carboxylic acids is 2. The number of halogens is 2. The second-order valence-electron chi connectivity index (χ2n) is 7.43. The third-order valence-corrected chi connectivity index (χ3v) is 7.17. The number of anilines is 1. The van der Waals surface area contributed by atoms with Crippen molar-refractivity contribution in [3.8, 4) is 11.5 Å². The molecular weight excluding hydrogens is 503 g/mol. The quantitative estimate of drug-likeness (QED) is 0.255. The molecule has 0 aliphatic carbocycles. The normalized spacial score (nSPS) is 16.1. The molecule has 10 heteroatoms. The second-order valence-corrected chi connectivity index (χ2v) is 9.92. The molecule has 0 radical (unpaired) electrons. The Kier molecular flexibility index (Phi) is 7.80. The summed E-state index contributed by atoms with van der Waals surface area (Å²) in [4.78, 5) is 27.1. The Bertz CT molecular complexity index is 1140. The third kappa shape index (κ3) is 6.00. The number of amides is 2. The van der Waals surface area contributed by atoms with Gasteiger partial charge in [-0.25, -0.2) is 0 Å². The first-order valence-electron chi connectivity index (χ1n) is 10.3. The maximum absolute atomic E-state index is 12.8. The van der Waals surface area contributed by atoms with E-state index >= 15 is 0 Å². The molecule has 2 heterocycles. The summed E-state index contributed by atoms with van der Waals surface area (Å²) in [5, 5.41) is 3.64. The Hall–Kier alpha value is -2.26. The minimum atomic E-state index is -0.0972. The van der Waals surface area contributed by atoms with Crippen LogP contribution >= 0.6 is 47.2 Å². The maximum atomic E-state index is 12.8. The lowest BCUT2D eigenvalue weighted by Gasteiger charge is -2.14. The van der Waals surface area contributed by atoms with Gasteiger partial charge in [-0.2, -0.15) is 0 Å². The highest BCUT2D eigenvalue weighted by Gasteiger charge is 2.31. The van der Waals surface area contributed by atoms with Crippen LogP contribution in [0.5, 0.6) is 11.5 Å². The van der Waals surface area contributed by atoms with Gasteiger partial charge in [0.25, 0.3) is 5.91 Å². The number of thiocarbonyl (C=S) groups is 1. The summed E-state index contributed by atoms with van der Waals surface area (Å²) in [5.41, 5.74) is 1.47. The van der Waals surface area contributed by atoms with Gasteiger partial charge in [-0.05, 0) is 54.8 Å². The molecule has 0 aromatic heterocycles. The second kappa shape index (κ2) is 10.8. The van der Waals surface area contributed by atoms with Gasteiger partial charge in [0, 0.05) is 18.7 Å². The van der Waals surface area contributed by atoms with E-state index in [4.69, 9.17) is 44.9 Å². The molecule has 0 spiro atoms. The largest absolute Gasteiger partial charge is 0.454 e. The number of thioether (sulfide) groups is 1. The number of carbonyl (C=O) groups is 2. The van der Waals surface area contributed by atoms with E-state index in [-0.39, 0.29) is 18.6 Å². The lowest BCUT2D eigenvalue weighted by Crippen LogP contribution is -2.29. The van der Waals surface area contributed by atoms with E-state index in [1.165, 1.54) is 11.8 Å². The zero-order valence-electron chi connectivity index (χ0n) is 17.4. The number of hydrogen-bond acceptors (Lipinski definition) is 6. The Labute approximate surface area is 211 Å². The molecule has 1 saturated heterocycles. The summed E-state index contributed by atoms with van der Waals surface area (Å²) in [5.74, 6) is 1.18. The molecule has 6 nitrogen and oxygen atoms in total. The van der Waals surface area contributed by atoms with Gasteiger partial charge in [0.15, 0.2) is 11.5 Å². The topological polar surface area (TPSA) is 67.9 Å². The van der Waals surface area contributed by atoms with Crippen molar-refractivity contribution in [2.45, 2.75) is 25.7 Å². The third-order valence-electron chi connectivity index (χ3n) is 5.06. The number of benzene rings is 2. The molecule has 172 valence electrons. The number of nitrogens with zero attached hydrogens (tertiary/aromatic N) is 1. The first-order chi connectivity index (χ1) is 15.9. The summed E-state index contributed by atoms with van der Waals surface area (Å²) in [7, 11) is 0. The molecule has 2 amide bonds. The van der Waals surface area contributed by atoms with Crippen molar-refractivity contribution in [3.05, 3.63) is 56.9 Å². The number of nitrogens with one attached hydrogen (secondary N) is 1. The zero-order valence-corrected chi connectivity index (χ0v) is 20.6. The summed E-state index contributed by atoms with van der Waals surface area (Å²) in [6.07, 6.45) is 4.45. The van der Waals surface area contributed by atoms with Crippen LogP contribution < -0.4 is 14.8 Å². The average molecular weight is 523 g/mol. The molecule has 2 aliphatic rings. The van der Waals surface area contributed by atoms with Crippen LogP contribution in [0, 0.1) is 0 Å². The fourth-order valence-electron chi connectivity index (χ4n) is 3.38. The Morgan fingerprint density at radius 1 is 1.09 bits per heavy atom. The van der Waals surface area contributed by atoms with Gasteiger partial charge in [0.2, 0.25) is 12.7 Å². The number of hydrogen-bond donors (Lipinski definition) is 1. The van der Waals surface area contributed by atoms with Crippen LogP contribution in [0.15, 0.2) is 41.3 Å². The van der Waals surface area contributed by atoms with Crippen molar-refractivity contribution in [3.63, 3.8) is 0 Å². The molecule has 0 unspecified atom stereocenters. The number of rotatable bonds is 8. The van der Waals surface area contributed by atoms with E-state index < -0.39 is 0 Å². The van der Waals surface area contributed by atoms with Crippen molar-refractivity contribution >= 4 is 75.1 Å². The fraction of sp³-hybridized carbons (Fsp3) is 0.261. The standard InChI is InChI=1S/C23H20Cl2N2O4S2/c24-16-7-6-15(12-17(16)25)26-21(28)4-2-1-3-9-27-22(29)20(33-23(27)32)11-14-5-8-18-19(10-14)31-13-30-18/h5-8,10-12H,1-4,9,13H2,(H,26,28). The highest BCUT2D eigenvalue weighted by Crippen LogP contribution is 2.36. The molecule has 0 bridgehead atoms. The van der Waals surface area contributed by atoms with Crippen LogP contribution in [-0.4, -0.2) is 34.4 Å². The molecule has 2 aromatic rings. The highest BCUT2D eigenvalue weighted by atomic mass is 35.5. The zero-order chi connectivity index (χ0) is 23.4. The number of ether oxygens (including phenoxy) is 2. The number of unbranched alkanes of at least 4 members (excludes halogenated alkanes) is 2. The minimum Gasteiger partial charge on any atom is -0.454 e. The molecule has 4 rings (SSSR count). The molecule has 2 aromatic carbocycles. The average Bonchev–Trinajstić information content (AvgIpc) is 3.35. The first-order valence-corrected chi connectivity index (χ1v) is 12.3. The highest BCUT2D eigenvalue weighted by molar-refractivity contribution is 8.26. The lowest BCUT2D eigenvalue weighted by atomic mass is 10.1. The predicted molar refractivity (Wildman–Crippen MR) is 136 cm³/mol. The Balaban J connectivity index is 1.22. The van der Waals surface area contributed by atoms with Gasteiger partial charge in [-0.15, -0.1) is 0 Å². The molecule has 1 fully saturated rings. The summed E-state index contributed by atoms with van der Waals surface area (Å²) >= 11 is 18.5. The van der Waals surface area contributed by atoms with E-state index in [1.54, 1.807) is 23.1 Å². The monoisotopic (exact) mass is 522 g/mol. The molecule has 33 heavy (non-hydrogen) atoms. The fourth-order valence-corrected chi connectivity index (χ4v) is 4.98. The predicted octanol–water partition coefficient (Wildman–Crippen LogP) is 6.12. The van der Waals surface area contributed by atoms with Crippen molar-refractivity contribution in [2.75, 3.05) is 18.7 Å². The van der Waals surface area contributed by atoms with Crippen LogP contribution in [0.3, 0.4) is 0 Å². The first kappa shape index (κ1) is 23.9. The summed E-state index contributed by atoms with van der Waals surface area (Å²) < 4.78 is 11.3. The van der Waals surface area contributed by atoms with E-state index in [9.17, 15) is 9.59 Å². The van der Waals surface area contributed by atoms with Crippen LogP contribution in [0.25, 0.3) is 6.08 Å². The van der Waals surface area contributed by atoms with Crippen molar-refractivity contribution in [2.24, 2.45) is 0 Å². The van der Waals surface area contributed by atoms with Crippen molar-refractivity contribution < 1.29 is 19.1 Å². The minimum absolute atomic E-state index is 0.0920. The van der Waals surface area contributed by atoms with Crippen molar-refractivity contribution in [1.29, 1.82) is 0 Å². The Morgan fingerprint density at radius 2 is 1.91 bits per heavy atom. The van der Waals surface area contributed by atoms with Crippen LogP contribution in [0.2, 0.25) is 10.0 Å². The van der Waals surface area contributed by atoms with Gasteiger partial charge in [0.1, 0.15) is 4.32 Å². The smallest absolute Gasteiger partial charge is 0.266 e. The van der Waals surface area contributed by atoms with Crippen molar-refractivity contribution in [1.82, 2.24) is 4.90 Å². The van der Waals surface area contributed by atoms with E-state index in [1.807, 2.05) is 24.3 Å². The molecular formula is C23H20Cl2N2O4S2. The molecule has 2 aliphatic heterocycles. The van der Waals surface area contributed by atoms with Gasteiger partial charge < -0.3 is 14.8 Å². The van der Waals surface area contributed by atoms with Crippen LogP contribution in [0.1, 0.15) is 31.2 Å². The summed E-state index contributed by atoms with van der Waals surface area (Å²) in [6, 6.07) is 10.5. The molecule has 0 saturated carbocycles. The van der Waals surface area contributed by atoms with E-state index in [0.717, 1.165) is 18.4 Å². The van der Waals surface area contributed by atoms with E-state index in [2.05, 4.69) is 5.32 Å². The summed E-state index contributed by atoms with van der Waals surface area (Å²) in [6.45, 7) is 0.732. The van der Waals surface area contributed by atoms with Gasteiger partial charge >= 0.3 is 0 Å². The maximum Gasteiger partial charge on any atom is 0.266 e. The molecule has 0 atom stereocenters. The van der Waals surface area contributed by atoms with Crippen LogP contribution in [0.4, 0.5) is 5.69 Å². The van der Waals surface area contributed by atoms with E-state index in [0.29, 0.717) is 55.8 Å².